The third-order valence-electron chi connectivity index (χ3n) is 2.35. The van der Waals surface area contributed by atoms with Gasteiger partial charge in [0.1, 0.15) is 0 Å². The summed E-state index contributed by atoms with van der Waals surface area (Å²) >= 11 is 0. The molecule has 1 N–H and O–H groups in total. The highest BCUT2D eigenvalue weighted by Crippen LogP contribution is 2.15. The van der Waals surface area contributed by atoms with Crippen molar-refractivity contribution >= 4 is 20.7 Å². The van der Waals surface area contributed by atoms with Crippen molar-refractivity contribution in [3.05, 3.63) is 34.9 Å². The van der Waals surface area contributed by atoms with Crippen LogP contribution in [0.15, 0.2) is 34.2 Å². The van der Waals surface area contributed by atoms with Crippen molar-refractivity contribution in [1.82, 2.24) is 9.97 Å². The van der Waals surface area contributed by atoms with E-state index in [0.717, 1.165) is 0 Å². The van der Waals surface area contributed by atoms with Crippen LogP contribution in [0.5, 0.6) is 0 Å². The lowest BCUT2D eigenvalue weighted by Crippen LogP contribution is -2.08. The van der Waals surface area contributed by atoms with Crippen LogP contribution in [0, 0.1) is 0 Å². The first kappa shape index (κ1) is 10.8. The number of sulfone groups is 1. The van der Waals surface area contributed by atoms with E-state index >= 15 is 0 Å². The van der Waals surface area contributed by atoms with Crippen molar-refractivity contribution in [2.45, 2.75) is 11.8 Å². The quantitative estimate of drug-likeness (QED) is 0.835. The maximum absolute atomic E-state index is 11.6. The smallest absolute Gasteiger partial charge is 0.258 e. The van der Waals surface area contributed by atoms with E-state index in [0.29, 0.717) is 10.9 Å². The van der Waals surface area contributed by atoms with Gasteiger partial charge in [0.05, 0.1) is 27.9 Å². The van der Waals surface area contributed by atoms with Gasteiger partial charge in [0.25, 0.3) is 5.56 Å². The second-order valence-electron chi connectivity index (χ2n) is 3.31. The fourth-order valence-electron chi connectivity index (χ4n) is 1.41. The minimum Gasteiger partial charge on any atom is -0.313 e. The molecule has 16 heavy (non-hydrogen) atoms. The topological polar surface area (TPSA) is 79.9 Å². The highest BCUT2D eigenvalue weighted by molar-refractivity contribution is 7.91. The van der Waals surface area contributed by atoms with E-state index in [4.69, 9.17) is 0 Å². The maximum atomic E-state index is 11.6. The Hall–Kier alpha value is -1.69. The fraction of sp³-hybridized carbons (Fsp3) is 0.200. The highest BCUT2D eigenvalue weighted by Gasteiger charge is 2.12. The monoisotopic (exact) mass is 238 g/mol. The number of hydrogen-bond donors (Lipinski definition) is 1. The lowest BCUT2D eigenvalue weighted by atomic mass is 10.2. The summed E-state index contributed by atoms with van der Waals surface area (Å²) < 4.78 is 23.2. The van der Waals surface area contributed by atoms with Crippen LogP contribution >= 0.6 is 0 Å². The average molecular weight is 238 g/mol. The predicted molar refractivity (Wildman–Crippen MR) is 60.1 cm³/mol. The van der Waals surface area contributed by atoms with E-state index in [1.54, 1.807) is 6.92 Å². The van der Waals surface area contributed by atoms with Gasteiger partial charge in [0, 0.05) is 0 Å². The molecular formula is C10H10N2O3S. The van der Waals surface area contributed by atoms with Gasteiger partial charge in [0.15, 0.2) is 9.84 Å². The van der Waals surface area contributed by atoms with Crippen LogP contribution in [-0.2, 0) is 9.84 Å². The lowest BCUT2D eigenvalue weighted by molar-refractivity contribution is 0.597. The average Bonchev–Trinajstić information content (AvgIpc) is 2.29. The number of nitrogens with one attached hydrogen (secondary N) is 1. The number of hydrogen-bond acceptors (Lipinski definition) is 4. The molecule has 0 saturated heterocycles. The molecule has 0 spiro atoms. The van der Waals surface area contributed by atoms with Gasteiger partial charge in [-0.1, -0.05) is 6.92 Å². The van der Waals surface area contributed by atoms with Gasteiger partial charge < -0.3 is 4.98 Å². The molecule has 5 nitrogen and oxygen atoms in total. The third kappa shape index (κ3) is 1.71. The van der Waals surface area contributed by atoms with E-state index in [-0.39, 0.29) is 16.2 Å². The van der Waals surface area contributed by atoms with E-state index in [1.807, 2.05) is 0 Å². The van der Waals surface area contributed by atoms with Crippen molar-refractivity contribution in [2.75, 3.05) is 5.75 Å². The molecule has 1 aromatic carbocycles. The molecule has 1 aromatic heterocycles. The van der Waals surface area contributed by atoms with Crippen molar-refractivity contribution in [2.24, 2.45) is 0 Å². The predicted octanol–water partition coefficient (Wildman–Crippen LogP) is 0.717. The van der Waals surface area contributed by atoms with Crippen LogP contribution in [0.3, 0.4) is 0 Å². The number of aromatic nitrogens is 2. The molecule has 0 bridgehead atoms. The molecular weight excluding hydrogens is 228 g/mol. The molecule has 0 aliphatic carbocycles. The van der Waals surface area contributed by atoms with Crippen LogP contribution in [0.2, 0.25) is 0 Å². The summed E-state index contributed by atoms with van der Waals surface area (Å²) in [7, 11) is -3.25. The Morgan fingerprint density at radius 1 is 1.38 bits per heavy atom. The minimum atomic E-state index is -3.25. The Morgan fingerprint density at radius 3 is 2.81 bits per heavy atom. The van der Waals surface area contributed by atoms with Crippen LogP contribution < -0.4 is 5.56 Å². The highest BCUT2D eigenvalue weighted by atomic mass is 32.2. The molecule has 0 amide bonds. The molecule has 0 atom stereocenters. The normalized spacial score (nSPS) is 11.8. The second-order valence-corrected chi connectivity index (χ2v) is 5.59. The zero-order valence-electron chi connectivity index (χ0n) is 8.60. The molecule has 0 saturated carbocycles. The maximum Gasteiger partial charge on any atom is 0.258 e. The second kappa shape index (κ2) is 3.71. The first-order valence-electron chi connectivity index (χ1n) is 4.75. The van der Waals surface area contributed by atoms with Crippen molar-refractivity contribution in [1.29, 1.82) is 0 Å². The summed E-state index contributed by atoms with van der Waals surface area (Å²) in [5.74, 6) is 0.0295. The summed E-state index contributed by atoms with van der Waals surface area (Å²) in [6, 6.07) is 4.32. The van der Waals surface area contributed by atoms with Crippen LogP contribution in [-0.4, -0.2) is 24.1 Å². The minimum absolute atomic E-state index is 0.0295. The first-order chi connectivity index (χ1) is 7.54. The summed E-state index contributed by atoms with van der Waals surface area (Å²) in [4.78, 5) is 17.9. The van der Waals surface area contributed by atoms with Crippen molar-refractivity contribution < 1.29 is 8.42 Å². The molecule has 0 radical (unpaired) electrons. The number of rotatable bonds is 2. The number of H-pyrrole nitrogens is 1. The van der Waals surface area contributed by atoms with Gasteiger partial charge in [0.2, 0.25) is 0 Å². The number of benzene rings is 1. The Labute approximate surface area is 92.1 Å². The first-order valence-corrected chi connectivity index (χ1v) is 6.40. The molecule has 0 aliphatic rings. The van der Waals surface area contributed by atoms with Crippen LogP contribution in [0.1, 0.15) is 6.92 Å². The number of nitrogens with zero attached hydrogens (tertiary/aromatic N) is 1. The van der Waals surface area contributed by atoms with Gasteiger partial charge in [-0.3, -0.25) is 4.79 Å². The van der Waals surface area contributed by atoms with E-state index in [9.17, 15) is 13.2 Å². The zero-order chi connectivity index (χ0) is 11.8. The summed E-state index contributed by atoms with van der Waals surface area (Å²) in [6.45, 7) is 1.57. The van der Waals surface area contributed by atoms with E-state index in [1.165, 1.54) is 24.5 Å². The van der Waals surface area contributed by atoms with Gasteiger partial charge in [-0.05, 0) is 18.2 Å². The van der Waals surface area contributed by atoms with Gasteiger partial charge in [-0.15, -0.1) is 0 Å². The molecule has 0 unspecified atom stereocenters. The molecule has 2 aromatic rings. The lowest BCUT2D eigenvalue weighted by Gasteiger charge is -2.02. The van der Waals surface area contributed by atoms with Gasteiger partial charge in [-0.25, -0.2) is 13.4 Å². The largest absolute Gasteiger partial charge is 0.313 e. The molecule has 0 fully saturated rings. The Kier molecular flexibility index (Phi) is 2.51. The number of aromatic amines is 1. The summed E-state index contributed by atoms with van der Waals surface area (Å²) in [6.07, 6.45) is 1.26. The number of fused-ring (bicyclic) bond motifs is 1. The standard InChI is InChI=1S/C10H10N2O3S/c1-2-16(14,15)7-3-4-8-9(5-7)11-6-12-10(8)13/h3-6H,2H2,1H3,(H,11,12,13). The fourth-order valence-corrected chi connectivity index (χ4v) is 2.31. The Bertz CT molecular complexity index is 689. The molecule has 6 heteroatoms. The third-order valence-corrected chi connectivity index (χ3v) is 4.08. The Balaban J connectivity index is 2.76. The Morgan fingerprint density at radius 2 is 2.12 bits per heavy atom. The molecule has 2 rings (SSSR count). The summed E-state index contributed by atoms with van der Waals surface area (Å²) in [5, 5.41) is 0.387. The van der Waals surface area contributed by atoms with Gasteiger partial charge in [-0.2, -0.15) is 0 Å². The van der Waals surface area contributed by atoms with Crippen molar-refractivity contribution in [3.63, 3.8) is 0 Å². The molecule has 0 aliphatic heterocycles. The summed E-state index contributed by atoms with van der Waals surface area (Å²) in [5.41, 5.74) is 0.115. The molecule has 84 valence electrons. The van der Waals surface area contributed by atoms with E-state index in [2.05, 4.69) is 9.97 Å². The van der Waals surface area contributed by atoms with Crippen LogP contribution in [0.25, 0.3) is 10.9 Å². The van der Waals surface area contributed by atoms with Crippen LogP contribution in [0.4, 0.5) is 0 Å². The SMILES string of the molecule is CCS(=O)(=O)c1ccc2c(=O)[nH]cnc2c1. The zero-order valence-corrected chi connectivity index (χ0v) is 9.41. The van der Waals surface area contributed by atoms with Gasteiger partial charge >= 0.3 is 0 Å². The van der Waals surface area contributed by atoms with E-state index < -0.39 is 9.84 Å². The van der Waals surface area contributed by atoms with Crippen molar-refractivity contribution in [3.8, 4) is 0 Å². The molecule has 1 heterocycles.